The standard InChI is InChI=1S/C18H23N3O3/c1-19-12-17(23)21(15-9-5-4-8-14(15)18(19)24)13-16(22)20-10-6-2-3-7-11-20/h4-5,8-9H,2-3,6-7,10-13H2,1H3. The minimum atomic E-state index is -0.223. The smallest absolute Gasteiger partial charge is 0.256 e. The zero-order valence-corrected chi connectivity index (χ0v) is 14.0. The molecule has 3 amide bonds. The first-order chi connectivity index (χ1) is 11.6. The van der Waals surface area contributed by atoms with Crippen molar-refractivity contribution in [1.82, 2.24) is 9.80 Å². The Kier molecular flexibility index (Phi) is 4.83. The maximum absolute atomic E-state index is 12.7. The molecule has 0 saturated carbocycles. The molecule has 0 N–H and O–H groups in total. The van der Waals surface area contributed by atoms with Crippen molar-refractivity contribution < 1.29 is 14.4 Å². The molecule has 3 rings (SSSR count). The summed E-state index contributed by atoms with van der Waals surface area (Å²) in [4.78, 5) is 42.4. The van der Waals surface area contributed by atoms with E-state index in [4.69, 9.17) is 0 Å². The van der Waals surface area contributed by atoms with Gasteiger partial charge in [0.15, 0.2) is 0 Å². The first-order valence-corrected chi connectivity index (χ1v) is 8.50. The third-order valence-electron chi connectivity index (χ3n) is 4.70. The van der Waals surface area contributed by atoms with E-state index in [2.05, 4.69) is 0 Å². The number of likely N-dealkylation sites (tertiary alicyclic amines) is 1. The van der Waals surface area contributed by atoms with Crippen LogP contribution in [0.4, 0.5) is 5.69 Å². The van der Waals surface area contributed by atoms with Crippen molar-refractivity contribution in [3.05, 3.63) is 29.8 Å². The van der Waals surface area contributed by atoms with E-state index in [9.17, 15) is 14.4 Å². The molecule has 0 aromatic heterocycles. The van der Waals surface area contributed by atoms with Crippen LogP contribution in [0.25, 0.3) is 0 Å². The number of hydrogen-bond donors (Lipinski definition) is 0. The van der Waals surface area contributed by atoms with Crippen molar-refractivity contribution in [2.75, 3.05) is 38.1 Å². The molecule has 2 heterocycles. The van der Waals surface area contributed by atoms with Gasteiger partial charge in [0.25, 0.3) is 5.91 Å². The first kappa shape index (κ1) is 16.5. The molecule has 1 aromatic rings. The van der Waals surface area contributed by atoms with E-state index in [1.165, 1.54) is 9.80 Å². The Morgan fingerprint density at radius 2 is 1.71 bits per heavy atom. The molecular formula is C18H23N3O3. The predicted octanol–water partition coefficient (Wildman–Crippen LogP) is 1.51. The molecule has 0 spiro atoms. The summed E-state index contributed by atoms with van der Waals surface area (Å²) >= 11 is 0. The normalized spacial score (nSPS) is 19.0. The summed E-state index contributed by atoms with van der Waals surface area (Å²) in [5, 5.41) is 0. The van der Waals surface area contributed by atoms with Gasteiger partial charge in [-0.25, -0.2) is 0 Å². The van der Waals surface area contributed by atoms with Crippen molar-refractivity contribution in [3.8, 4) is 0 Å². The van der Waals surface area contributed by atoms with Crippen molar-refractivity contribution in [2.24, 2.45) is 0 Å². The van der Waals surface area contributed by atoms with Gasteiger partial charge in [-0.3, -0.25) is 14.4 Å². The molecule has 0 aliphatic carbocycles. The van der Waals surface area contributed by atoms with E-state index < -0.39 is 0 Å². The van der Waals surface area contributed by atoms with Crippen LogP contribution in [0.15, 0.2) is 24.3 Å². The lowest BCUT2D eigenvalue weighted by atomic mass is 10.1. The summed E-state index contributed by atoms with van der Waals surface area (Å²) in [5.74, 6) is -0.459. The molecule has 128 valence electrons. The molecule has 0 unspecified atom stereocenters. The summed E-state index contributed by atoms with van der Waals surface area (Å²) < 4.78 is 0. The maximum atomic E-state index is 12.7. The molecule has 0 atom stereocenters. The topological polar surface area (TPSA) is 60.9 Å². The molecule has 1 fully saturated rings. The van der Waals surface area contributed by atoms with Crippen LogP contribution in [0.1, 0.15) is 36.0 Å². The van der Waals surface area contributed by atoms with E-state index in [1.54, 1.807) is 31.3 Å². The average Bonchev–Trinajstić information content (AvgIpc) is 2.91. The van der Waals surface area contributed by atoms with Crippen LogP contribution in [0.3, 0.4) is 0 Å². The summed E-state index contributed by atoms with van der Waals surface area (Å²) in [7, 11) is 1.61. The number of anilines is 1. The lowest BCUT2D eigenvalue weighted by Crippen LogP contribution is -2.45. The minimum absolute atomic E-state index is 0.00301. The number of para-hydroxylation sites is 1. The van der Waals surface area contributed by atoms with Gasteiger partial charge in [0.05, 0.1) is 11.3 Å². The van der Waals surface area contributed by atoms with Gasteiger partial charge in [0.2, 0.25) is 11.8 Å². The first-order valence-electron chi connectivity index (χ1n) is 8.50. The number of benzene rings is 1. The van der Waals surface area contributed by atoms with Crippen molar-refractivity contribution in [2.45, 2.75) is 25.7 Å². The number of fused-ring (bicyclic) bond motifs is 1. The zero-order chi connectivity index (χ0) is 17.1. The Bertz CT molecular complexity index is 651. The van der Waals surface area contributed by atoms with Crippen LogP contribution in [0.2, 0.25) is 0 Å². The monoisotopic (exact) mass is 329 g/mol. The van der Waals surface area contributed by atoms with Crippen LogP contribution in [-0.4, -0.2) is 60.7 Å². The van der Waals surface area contributed by atoms with Crippen LogP contribution in [0.5, 0.6) is 0 Å². The number of rotatable bonds is 2. The molecule has 1 saturated heterocycles. The molecule has 1 aromatic carbocycles. The number of carbonyl (C=O) groups excluding carboxylic acids is 3. The molecule has 2 aliphatic rings. The van der Waals surface area contributed by atoms with Crippen LogP contribution < -0.4 is 4.90 Å². The van der Waals surface area contributed by atoms with Crippen LogP contribution >= 0.6 is 0 Å². The Morgan fingerprint density at radius 3 is 2.42 bits per heavy atom. The fraction of sp³-hybridized carbons (Fsp3) is 0.500. The van der Waals surface area contributed by atoms with Gasteiger partial charge in [0, 0.05) is 20.1 Å². The highest BCUT2D eigenvalue weighted by molar-refractivity contribution is 6.11. The Labute approximate surface area is 142 Å². The number of hydrogen-bond acceptors (Lipinski definition) is 3. The minimum Gasteiger partial charge on any atom is -0.341 e. The second-order valence-electron chi connectivity index (χ2n) is 6.45. The average molecular weight is 329 g/mol. The van der Waals surface area contributed by atoms with Gasteiger partial charge in [-0.1, -0.05) is 25.0 Å². The molecule has 0 radical (unpaired) electrons. The largest absolute Gasteiger partial charge is 0.341 e. The lowest BCUT2D eigenvalue weighted by molar-refractivity contribution is -0.131. The third-order valence-corrected chi connectivity index (χ3v) is 4.70. The van der Waals surface area contributed by atoms with Gasteiger partial charge in [0.1, 0.15) is 13.1 Å². The quantitative estimate of drug-likeness (QED) is 0.826. The van der Waals surface area contributed by atoms with E-state index in [0.29, 0.717) is 11.3 Å². The summed E-state index contributed by atoms with van der Waals surface area (Å²) in [6.45, 7) is 1.49. The fourth-order valence-corrected chi connectivity index (χ4v) is 3.32. The second kappa shape index (κ2) is 7.03. The molecule has 24 heavy (non-hydrogen) atoms. The van der Waals surface area contributed by atoms with Crippen LogP contribution in [-0.2, 0) is 9.59 Å². The number of carbonyl (C=O) groups is 3. The lowest BCUT2D eigenvalue weighted by Gasteiger charge is -2.26. The highest BCUT2D eigenvalue weighted by Gasteiger charge is 2.31. The number of likely N-dealkylation sites (N-methyl/N-ethyl adjacent to an activating group) is 1. The zero-order valence-electron chi connectivity index (χ0n) is 14.0. The van der Waals surface area contributed by atoms with E-state index >= 15 is 0 Å². The van der Waals surface area contributed by atoms with Crippen molar-refractivity contribution in [1.29, 1.82) is 0 Å². The van der Waals surface area contributed by atoms with Gasteiger partial charge in [-0.15, -0.1) is 0 Å². The summed E-state index contributed by atoms with van der Waals surface area (Å²) in [6.07, 6.45) is 4.32. The van der Waals surface area contributed by atoms with Gasteiger partial charge in [-0.2, -0.15) is 0 Å². The highest BCUT2D eigenvalue weighted by atomic mass is 16.2. The molecule has 2 aliphatic heterocycles. The van der Waals surface area contributed by atoms with Crippen molar-refractivity contribution in [3.63, 3.8) is 0 Å². The molecule has 6 heteroatoms. The van der Waals surface area contributed by atoms with E-state index in [0.717, 1.165) is 38.8 Å². The van der Waals surface area contributed by atoms with E-state index in [1.807, 2.05) is 4.90 Å². The molecule has 0 bridgehead atoms. The maximum Gasteiger partial charge on any atom is 0.256 e. The highest BCUT2D eigenvalue weighted by Crippen LogP contribution is 2.25. The summed E-state index contributed by atoms with van der Waals surface area (Å²) in [6, 6.07) is 7.00. The van der Waals surface area contributed by atoms with Gasteiger partial charge >= 0.3 is 0 Å². The molecule has 6 nitrogen and oxygen atoms in total. The van der Waals surface area contributed by atoms with Gasteiger partial charge < -0.3 is 14.7 Å². The predicted molar refractivity (Wildman–Crippen MR) is 90.8 cm³/mol. The molecular weight excluding hydrogens is 306 g/mol. The Hall–Kier alpha value is -2.37. The van der Waals surface area contributed by atoms with Crippen LogP contribution in [0, 0.1) is 0 Å². The SMILES string of the molecule is CN1CC(=O)N(CC(=O)N2CCCCCC2)c2ccccc2C1=O. The van der Waals surface area contributed by atoms with Gasteiger partial charge in [-0.05, 0) is 25.0 Å². The number of amides is 3. The Balaban J connectivity index is 1.85. The summed E-state index contributed by atoms with van der Waals surface area (Å²) in [5.41, 5.74) is 0.995. The van der Waals surface area contributed by atoms with Crippen molar-refractivity contribution >= 4 is 23.4 Å². The second-order valence-corrected chi connectivity index (χ2v) is 6.45. The van der Waals surface area contributed by atoms with E-state index in [-0.39, 0.29) is 30.8 Å². The number of nitrogens with zero attached hydrogens (tertiary/aromatic N) is 3. The Morgan fingerprint density at radius 1 is 1.04 bits per heavy atom. The third kappa shape index (κ3) is 3.27. The fourth-order valence-electron chi connectivity index (χ4n) is 3.32.